The molecule has 94 valence electrons. The number of nitrogens with one attached hydrogen (secondary N) is 1. The highest BCUT2D eigenvalue weighted by atomic mass is 35.5. The number of hydrogen-bond donors (Lipinski definition) is 1. The molecule has 1 heterocycles. The van der Waals surface area contributed by atoms with Gasteiger partial charge in [0, 0.05) is 5.69 Å². The van der Waals surface area contributed by atoms with E-state index in [0.717, 1.165) is 0 Å². The summed E-state index contributed by atoms with van der Waals surface area (Å²) in [6, 6.07) is 4.81. The molecule has 0 radical (unpaired) electrons. The molecule has 0 aliphatic heterocycles. The summed E-state index contributed by atoms with van der Waals surface area (Å²) in [5.41, 5.74) is 0.718. The third-order valence-electron chi connectivity index (χ3n) is 2.17. The minimum atomic E-state index is -0.564. The van der Waals surface area contributed by atoms with Crippen molar-refractivity contribution in [2.24, 2.45) is 0 Å². The van der Waals surface area contributed by atoms with Gasteiger partial charge in [0.1, 0.15) is 0 Å². The monoisotopic (exact) mass is 305 g/mol. The van der Waals surface area contributed by atoms with Crippen molar-refractivity contribution in [3.63, 3.8) is 0 Å². The Morgan fingerprint density at radius 2 is 1.83 bits per heavy atom. The minimum absolute atomic E-state index is 0.00844. The van der Waals surface area contributed by atoms with Crippen LogP contribution in [0.15, 0.2) is 18.2 Å². The maximum atomic E-state index is 13.7. The summed E-state index contributed by atoms with van der Waals surface area (Å²) in [5, 5.41) is 3.51. The summed E-state index contributed by atoms with van der Waals surface area (Å²) in [6.45, 7) is 1.50. The molecule has 0 aliphatic rings. The van der Waals surface area contributed by atoms with E-state index in [9.17, 15) is 4.39 Å². The first-order valence-corrected chi connectivity index (χ1v) is 6.02. The zero-order chi connectivity index (χ0) is 13.3. The van der Waals surface area contributed by atoms with E-state index in [1.807, 2.05) is 0 Å². The fourth-order valence-corrected chi connectivity index (χ4v) is 1.83. The highest BCUT2D eigenvalue weighted by Crippen LogP contribution is 2.27. The number of aryl methyl sites for hydroxylation is 1. The lowest BCUT2D eigenvalue weighted by Gasteiger charge is -2.08. The first-order chi connectivity index (χ1) is 8.47. The SMILES string of the molecule is Cc1nc(Cl)nc(Nc2ccc(Cl)c(Cl)c2)c1F. The van der Waals surface area contributed by atoms with Gasteiger partial charge in [0.2, 0.25) is 5.28 Å². The van der Waals surface area contributed by atoms with Crippen LogP contribution >= 0.6 is 34.8 Å². The van der Waals surface area contributed by atoms with Crippen molar-refractivity contribution in [2.75, 3.05) is 5.32 Å². The molecule has 1 N–H and O–H groups in total. The lowest BCUT2D eigenvalue weighted by atomic mass is 10.3. The molecule has 0 unspecified atom stereocenters. The van der Waals surface area contributed by atoms with Crippen LogP contribution in [-0.2, 0) is 0 Å². The van der Waals surface area contributed by atoms with Gasteiger partial charge in [-0.25, -0.2) is 9.37 Å². The Morgan fingerprint density at radius 1 is 1.11 bits per heavy atom. The van der Waals surface area contributed by atoms with Gasteiger partial charge in [-0.3, -0.25) is 0 Å². The van der Waals surface area contributed by atoms with Gasteiger partial charge in [-0.05, 0) is 36.7 Å². The van der Waals surface area contributed by atoms with E-state index in [1.54, 1.807) is 18.2 Å². The second-order valence-corrected chi connectivity index (χ2v) is 4.65. The van der Waals surface area contributed by atoms with Gasteiger partial charge in [0.15, 0.2) is 11.6 Å². The fraction of sp³-hybridized carbons (Fsp3) is 0.0909. The molecule has 0 fully saturated rings. The third kappa shape index (κ3) is 2.83. The van der Waals surface area contributed by atoms with E-state index < -0.39 is 5.82 Å². The molecule has 2 rings (SSSR count). The van der Waals surface area contributed by atoms with Gasteiger partial charge in [-0.15, -0.1) is 0 Å². The Morgan fingerprint density at radius 3 is 2.50 bits per heavy atom. The number of rotatable bonds is 2. The Hall–Kier alpha value is -1.10. The molecule has 0 aliphatic carbocycles. The molecule has 7 heteroatoms. The molecular formula is C11H7Cl3FN3. The Labute approximate surface area is 118 Å². The predicted molar refractivity (Wildman–Crippen MR) is 71.5 cm³/mol. The van der Waals surface area contributed by atoms with Gasteiger partial charge in [-0.1, -0.05) is 23.2 Å². The van der Waals surface area contributed by atoms with Crippen molar-refractivity contribution in [1.82, 2.24) is 9.97 Å². The van der Waals surface area contributed by atoms with Crippen LogP contribution in [0.5, 0.6) is 0 Å². The summed E-state index contributed by atoms with van der Waals surface area (Å²) in [7, 11) is 0. The van der Waals surface area contributed by atoms with Crippen LogP contribution < -0.4 is 5.32 Å². The average Bonchev–Trinajstić information content (AvgIpc) is 2.30. The summed E-state index contributed by atoms with van der Waals surface area (Å²) < 4.78 is 13.7. The van der Waals surface area contributed by atoms with Crippen LogP contribution in [0.2, 0.25) is 15.3 Å². The van der Waals surface area contributed by atoms with E-state index in [1.165, 1.54) is 6.92 Å². The highest BCUT2D eigenvalue weighted by Gasteiger charge is 2.11. The van der Waals surface area contributed by atoms with Gasteiger partial charge >= 0.3 is 0 Å². The van der Waals surface area contributed by atoms with Crippen LogP contribution in [0.1, 0.15) is 5.69 Å². The van der Waals surface area contributed by atoms with Gasteiger partial charge < -0.3 is 5.32 Å². The second kappa shape index (κ2) is 5.26. The molecule has 0 bridgehead atoms. The molecule has 0 atom stereocenters. The molecule has 1 aromatic heterocycles. The average molecular weight is 307 g/mol. The molecule has 3 nitrogen and oxygen atoms in total. The van der Waals surface area contributed by atoms with Crippen molar-refractivity contribution in [2.45, 2.75) is 6.92 Å². The number of aromatic nitrogens is 2. The Bertz CT molecular complexity index is 604. The number of hydrogen-bond acceptors (Lipinski definition) is 3. The van der Waals surface area contributed by atoms with E-state index in [2.05, 4.69) is 15.3 Å². The van der Waals surface area contributed by atoms with Crippen LogP contribution in [0, 0.1) is 12.7 Å². The topological polar surface area (TPSA) is 37.8 Å². The van der Waals surface area contributed by atoms with Crippen molar-refractivity contribution in [1.29, 1.82) is 0 Å². The van der Waals surface area contributed by atoms with E-state index in [-0.39, 0.29) is 16.8 Å². The lowest BCUT2D eigenvalue weighted by molar-refractivity contribution is 0.607. The Kier molecular flexibility index (Phi) is 3.90. The smallest absolute Gasteiger partial charge is 0.224 e. The number of nitrogens with zero attached hydrogens (tertiary/aromatic N) is 2. The van der Waals surface area contributed by atoms with Crippen molar-refractivity contribution < 1.29 is 4.39 Å². The van der Waals surface area contributed by atoms with Crippen LogP contribution in [0.4, 0.5) is 15.9 Å². The summed E-state index contributed by atoms with van der Waals surface area (Å²) in [5.74, 6) is -0.573. The largest absolute Gasteiger partial charge is 0.338 e. The third-order valence-corrected chi connectivity index (χ3v) is 3.08. The predicted octanol–water partition coefficient (Wildman–Crippen LogP) is 4.63. The zero-order valence-electron chi connectivity index (χ0n) is 9.14. The van der Waals surface area contributed by atoms with Crippen molar-refractivity contribution >= 4 is 46.3 Å². The van der Waals surface area contributed by atoms with Crippen molar-refractivity contribution in [3.05, 3.63) is 45.0 Å². The van der Waals surface area contributed by atoms with Gasteiger partial charge in [-0.2, -0.15) is 4.98 Å². The van der Waals surface area contributed by atoms with Crippen LogP contribution in [-0.4, -0.2) is 9.97 Å². The second-order valence-electron chi connectivity index (χ2n) is 3.49. The summed E-state index contributed by atoms with van der Waals surface area (Å²) >= 11 is 17.3. The first kappa shape index (κ1) is 13.3. The van der Waals surface area contributed by atoms with E-state index >= 15 is 0 Å². The number of anilines is 2. The number of halogens is 4. The van der Waals surface area contributed by atoms with Crippen LogP contribution in [0.3, 0.4) is 0 Å². The van der Waals surface area contributed by atoms with Crippen molar-refractivity contribution in [3.8, 4) is 0 Å². The maximum absolute atomic E-state index is 13.7. The molecule has 0 saturated heterocycles. The fourth-order valence-electron chi connectivity index (χ4n) is 1.32. The Balaban J connectivity index is 2.36. The molecule has 0 saturated carbocycles. The highest BCUT2D eigenvalue weighted by molar-refractivity contribution is 6.42. The van der Waals surface area contributed by atoms with Crippen LogP contribution in [0.25, 0.3) is 0 Å². The first-order valence-electron chi connectivity index (χ1n) is 4.89. The molecule has 2 aromatic rings. The molecule has 18 heavy (non-hydrogen) atoms. The number of benzene rings is 1. The maximum Gasteiger partial charge on any atom is 0.224 e. The zero-order valence-corrected chi connectivity index (χ0v) is 11.4. The van der Waals surface area contributed by atoms with E-state index in [4.69, 9.17) is 34.8 Å². The standard InChI is InChI=1S/C11H7Cl3FN3/c1-5-9(15)10(18-11(14)16-5)17-6-2-3-7(12)8(13)4-6/h2-4H,1H3,(H,16,17,18). The van der Waals surface area contributed by atoms with Gasteiger partial charge in [0.25, 0.3) is 0 Å². The minimum Gasteiger partial charge on any atom is -0.338 e. The lowest BCUT2D eigenvalue weighted by Crippen LogP contribution is -2.02. The molecule has 1 aromatic carbocycles. The van der Waals surface area contributed by atoms with Gasteiger partial charge in [0.05, 0.1) is 15.7 Å². The summed E-state index contributed by atoms with van der Waals surface area (Å²) in [4.78, 5) is 7.47. The summed E-state index contributed by atoms with van der Waals surface area (Å²) in [6.07, 6.45) is 0. The quantitative estimate of drug-likeness (QED) is 0.822. The van der Waals surface area contributed by atoms with E-state index in [0.29, 0.717) is 15.7 Å². The molecular weight excluding hydrogens is 299 g/mol. The normalized spacial score (nSPS) is 10.5. The molecule has 0 spiro atoms. The molecule has 0 amide bonds.